The highest BCUT2D eigenvalue weighted by Gasteiger charge is 2.28. The molecule has 0 fully saturated rings. The van der Waals surface area contributed by atoms with E-state index in [1.165, 1.54) is 0 Å². The second kappa shape index (κ2) is 10.0. The van der Waals surface area contributed by atoms with Gasteiger partial charge in [-0.25, -0.2) is 4.79 Å². The number of rotatable bonds is 8. The van der Waals surface area contributed by atoms with Gasteiger partial charge in [0.05, 0.1) is 11.7 Å². The van der Waals surface area contributed by atoms with Crippen LogP contribution in [-0.2, 0) is 25.7 Å². The predicted octanol–water partition coefficient (Wildman–Crippen LogP) is 3.83. The lowest BCUT2D eigenvalue weighted by atomic mass is 10.0. The maximum Gasteiger partial charge on any atom is 0.320 e. The van der Waals surface area contributed by atoms with Gasteiger partial charge in [0.2, 0.25) is 0 Å². The number of nitrogens with zero attached hydrogens (tertiary/aromatic N) is 1. The molecule has 1 aromatic carbocycles. The van der Waals surface area contributed by atoms with Gasteiger partial charge in [0.1, 0.15) is 30.6 Å². The topological polar surface area (TPSA) is 55.8 Å². The number of allylic oxidation sites excluding steroid dienone is 2. The zero-order chi connectivity index (χ0) is 19.8. The fraction of sp³-hybridized carbons (Fsp3) is 0.381. The number of carbonyl (C=O) groups excluding carboxylic acids is 2. The van der Waals surface area contributed by atoms with Gasteiger partial charge in [0, 0.05) is 6.20 Å². The Kier molecular flexibility index (Phi) is 7.71. The zero-order valence-corrected chi connectivity index (χ0v) is 16.5. The lowest BCUT2D eigenvalue weighted by molar-refractivity contribution is -0.142. The van der Waals surface area contributed by atoms with E-state index in [4.69, 9.17) is 21.1 Å². The number of alkyl halides is 1. The molecule has 0 bridgehead atoms. The lowest BCUT2D eigenvalue weighted by Gasteiger charge is -2.36. The molecule has 2 rings (SSSR count). The van der Waals surface area contributed by atoms with Crippen molar-refractivity contribution in [2.75, 3.05) is 12.5 Å². The number of hydrogen-bond acceptors (Lipinski definition) is 5. The summed E-state index contributed by atoms with van der Waals surface area (Å²) in [5, 5.41) is 0. The van der Waals surface area contributed by atoms with Crippen molar-refractivity contribution in [2.24, 2.45) is 5.92 Å². The van der Waals surface area contributed by atoms with E-state index >= 15 is 0 Å². The summed E-state index contributed by atoms with van der Waals surface area (Å²) in [5.41, 5.74) is 2.13. The number of hydrogen-bond donors (Lipinski definition) is 0. The molecule has 1 heterocycles. The van der Waals surface area contributed by atoms with Crippen LogP contribution in [-0.4, -0.2) is 35.3 Å². The van der Waals surface area contributed by atoms with Crippen molar-refractivity contribution >= 4 is 23.5 Å². The molecule has 0 radical (unpaired) electrons. The van der Waals surface area contributed by atoms with Gasteiger partial charge in [-0.2, -0.15) is 0 Å². The van der Waals surface area contributed by atoms with Crippen LogP contribution in [0, 0.1) is 5.92 Å². The van der Waals surface area contributed by atoms with E-state index in [2.05, 4.69) is 0 Å². The molecule has 1 aliphatic rings. The third-order valence-corrected chi connectivity index (χ3v) is 4.57. The summed E-state index contributed by atoms with van der Waals surface area (Å²) in [7, 11) is 0. The van der Waals surface area contributed by atoms with Crippen molar-refractivity contribution in [3.05, 3.63) is 65.2 Å². The van der Waals surface area contributed by atoms with Crippen LogP contribution in [0.1, 0.15) is 26.3 Å². The van der Waals surface area contributed by atoms with Gasteiger partial charge >= 0.3 is 5.97 Å². The summed E-state index contributed by atoms with van der Waals surface area (Å²) >= 11 is 5.51. The van der Waals surface area contributed by atoms with E-state index in [1.807, 2.05) is 61.9 Å². The van der Waals surface area contributed by atoms with E-state index in [1.54, 1.807) is 12.3 Å². The first-order valence-electron chi connectivity index (χ1n) is 8.79. The summed E-state index contributed by atoms with van der Waals surface area (Å²) in [6.45, 7) is 6.48. The van der Waals surface area contributed by atoms with Crippen molar-refractivity contribution in [1.82, 2.24) is 4.90 Å². The van der Waals surface area contributed by atoms with Gasteiger partial charge in [-0.15, -0.1) is 11.6 Å². The molecule has 1 aromatic rings. The normalized spacial score (nSPS) is 15.0. The minimum Gasteiger partial charge on any atom is -0.486 e. The van der Waals surface area contributed by atoms with E-state index < -0.39 is 5.97 Å². The van der Waals surface area contributed by atoms with Crippen LogP contribution in [0.15, 0.2) is 59.6 Å². The molecule has 0 spiro atoms. The van der Waals surface area contributed by atoms with E-state index in [9.17, 15) is 9.59 Å². The van der Waals surface area contributed by atoms with Crippen molar-refractivity contribution in [2.45, 2.75) is 33.4 Å². The molecule has 0 aromatic heterocycles. The zero-order valence-electron chi connectivity index (χ0n) is 15.8. The van der Waals surface area contributed by atoms with Gasteiger partial charge in [0.15, 0.2) is 5.76 Å². The van der Waals surface area contributed by atoms with Gasteiger partial charge in [0.25, 0.3) is 0 Å². The maximum atomic E-state index is 11.4. The Hall–Kier alpha value is -2.49. The fourth-order valence-electron chi connectivity index (χ4n) is 2.82. The van der Waals surface area contributed by atoms with Crippen LogP contribution < -0.4 is 0 Å². The molecule has 1 atom stereocenters. The Morgan fingerprint density at radius 2 is 1.96 bits per heavy atom. The Balaban J connectivity index is 2.23. The first kappa shape index (κ1) is 20.8. The Bertz CT molecular complexity index is 764. The average molecular weight is 390 g/mol. The van der Waals surface area contributed by atoms with Crippen LogP contribution in [0.3, 0.4) is 0 Å². The highest BCUT2D eigenvalue weighted by Crippen LogP contribution is 2.29. The molecule has 1 unspecified atom stereocenters. The van der Waals surface area contributed by atoms with Crippen molar-refractivity contribution < 1.29 is 19.1 Å². The van der Waals surface area contributed by atoms with Gasteiger partial charge in [-0.1, -0.05) is 44.2 Å². The minimum absolute atomic E-state index is 0.114. The molecular formula is C21H24ClNO4. The first-order valence-corrected chi connectivity index (χ1v) is 9.32. The highest BCUT2D eigenvalue weighted by atomic mass is 35.5. The summed E-state index contributed by atoms with van der Waals surface area (Å²) < 4.78 is 11.2. The number of esters is 1. The van der Waals surface area contributed by atoms with Crippen molar-refractivity contribution in [3.8, 4) is 0 Å². The summed E-state index contributed by atoms with van der Waals surface area (Å²) in [6.07, 6.45) is 3.46. The lowest BCUT2D eigenvalue weighted by Crippen LogP contribution is -2.40. The smallest absolute Gasteiger partial charge is 0.320 e. The number of carbonyl (C=O) groups is 1. The molecule has 144 valence electrons. The molecule has 0 aliphatic carbocycles. The van der Waals surface area contributed by atoms with E-state index in [-0.39, 0.29) is 24.4 Å². The molecule has 27 heavy (non-hydrogen) atoms. The largest absolute Gasteiger partial charge is 0.486 e. The van der Waals surface area contributed by atoms with Crippen LogP contribution in [0.5, 0.6) is 0 Å². The van der Waals surface area contributed by atoms with Gasteiger partial charge in [-0.05, 0) is 24.5 Å². The quantitative estimate of drug-likeness (QED) is 0.384. The van der Waals surface area contributed by atoms with Gasteiger partial charge < -0.3 is 14.4 Å². The SMILES string of the molecule is CC1=C(OCc2ccccc2)C(=C=O)C=CN1C(COC(=O)CCl)C(C)C. The predicted molar refractivity (Wildman–Crippen MR) is 104 cm³/mol. The number of halogens is 1. The van der Waals surface area contributed by atoms with Crippen LogP contribution in [0.4, 0.5) is 0 Å². The molecule has 6 heteroatoms. The molecule has 0 saturated heterocycles. The van der Waals surface area contributed by atoms with E-state index in [0.29, 0.717) is 17.9 Å². The van der Waals surface area contributed by atoms with E-state index in [0.717, 1.165) is 11.3 Å². The second-order valence-corrected chi connectivity index (χ2v) is 6.82. The standard InChI is InChI=1S/C21H24ClNO4/c1-15(2)19(14-26-20(25)11-22)23-10-9-18(12-24)21(16(23)3)27-13-17-7-5-4-6-8-17/h4-10,15,19H,11,13-14H2,1-3H3. The molecule has 0 saturated carbocycles. The summed E-state index contributed by atoms with van der Waals surface area (Å²) in [6, 6.07) is 9.60. The first-order chi connectivity index (χ1) is 13.0. The average Bonchev–Trinajstić information content (AvgIpc) is 2.68. The van der Waals surface area contributed by atoms with Gasteiger partial charge in [-0.3, -0.25) is 4.79 Å². The molecular weight excluding hydrogens is 366 g/mol. The highest BCUT2D eigenvalue weighted by molar-refractivity contribution is 6.26. The molecule has 0 N–H and O–H groups in total. The van der Waals surface area contributed by atoms with Crippen LogP contribution in [0.25, 0.3) is 0 Å². The second-order valence-electron chi connectivity index (χ2n) is 6.56. The monoisotopic (exact) mass is 389 g/mol. The third-order valence-electron chi connectivity index (χ3n) is 4.35. The molecule has 1 aliphatic heterocycles. The summed E-state index contributed by atoms with van der Waals surface area (Å²) in [5.74, 6) is 1.96. The van der Waals surface area contributed by atoms with Crippen molar-refractivity contribution in [1.29, 1.82) is 0 Å². The maximum absolute atomic E-state index is 11.4. The minimum atomic E-state index is -0.459. The number of benzene rings is 1. The fourth-order valence-corrected chi connectivity index (χ4v) is 2.89. The summed E-state index contributed by atoms with van der Waals surface area (Å²) in [4.78, 5) is 24.8. The van der Waals surface area contributed by atoms with Crippen LogP contribution >= 0.6 is 11.6 Å². The van der Waals surface area contributed by atoms with Crippen molar-refractivity contribution in [3.63, 3.8) is 0 Å². The molecule has 0 amide bonds. The Morgan fingerprint density at radius 3 is 2.56 bits per heavy atom. The third kappa shape index (κ3) is 5.49. The Labute approximate surface area is 164 Å². The molecule has 5 nitrogen and oxygen atoms in total. The Morgan fingerprint density at radius 1 is 1.26 bits per heavy atom. The van der Waals surface area contributed by atoms with Crippen LogP contribution in [0.2, 0.25) is 0 Å². The number of ether oxygens (including phenoxy) is 2.